The van der Waals surface area contributed by atoms with Crippen molar-refractivity contribution >= 4 is 23.4 Å². The third-order valence-corrected chi connectivity index (χ3v) is 4.50. The van der Waals surface area contributed by atoms with E-state index in [1.165, 1.54) is 7.11 Å². The van der Waals surface area contributed by atoms with Gasteiger partial charge in [0.05, 0.1) is 0 Å². The molecule has 0 aromatic heterocycles. The summed E-state index contributed by atoms with van der Waals surface area (Å²) in [6, 6.07) is 13.7. The maximum absolute atomic E-state index is 12.7. The highest BCUT2D eigenvalue weighted by Gasteiger charge is 2.24. The van der Waals surface area contributed by atoms with E-state index in [2.05, 4.69) is 16.0 Å². The smallest absolute Gasteiger partial charge is 0.251 e. The molecule has 0 bridgehead atoms. The Bertz CT molecular complexity index is 878. The first-order valence-corrected chi connectivity index (χ1v) is 9.83. The van der Waals surface area contributed by atoms with E-state index in [0.29, 0.717) is 11.3 Å². The van der Waals surface area contributed by atoms with Crippen LogP contribution in [0.5, 0.6) is 0 Å². The van der Waals surface area contributed by atoms with Crippen LogP contribution in [0, 0.1) is 12.8 Å². The molecule has 7 nitrogen and oxygen atoms in total. The number of carbonyl (C=O) groups is 3. The van der Waals surface area contributed by atoms with Gasteiger partial charge in [-0.25, -0.2) is 0 Å². The minimum Gasteiger partial charge on any atom is -0.375 e. The number of aryl methyl sites for hydroxylation is 1. The molecule has 0 spiro atoms. The first-order valence-electron chi connectivity index (χ1n) is 9.83. The summed E-state index contributed by atoms with van der Waals surface area (Å²) < 4.78 is 4.80. The van der Waals surface area contributed by atoms with Gasteiger partial charge < -0.3 is 20.7 Å². The Morgan fingerprint density at radius 3 is 2.37 bits per heavy atom. The van der Waals surface area contributed by atoms with Crippen molar-refractivity contribution in [2.45, 2.75) is 33.4 Å². The van der Waals surface area contributed by atoms with Crippen LogP contribution < -0.4 is 16.0 Å². The number of benzene rings is 2. The van der Waals surface area contributed by atoms with Gasteiger partial charge in [0.1, 0.15) is 12.6 Å². The fourth-order valence-corrected chi connectivity index (χ4v) is 2.85. The molecule has 1 atom stereocenters. The van der Waals surface area contributed by atoms with Crippen molar-refractivity contribution in [3.8, 4) is 0 Å². The molecule has 2 aromatic rings. The highest BCUT2D eigenvalue weighted by molar-refractivity contribution is 5.97. The van der Waals surface area contributed by atoms with E-state index < -0.39 is 6.04 Å². The van der Waals surface area contributed by atoms with E-state index >= 15 is 0 Å². The van der Waals surface area contributed by atoms with Crippen molar-refractivity contribution in [1.82, 2.24) is 10.6 Å². The minimum atomic E-state index is -0.664. The van der Waals surface area contributed by atoms with Crippen LogP contribution in [0.15, 0.2) is 48.5 Å². The largest absolute Gasteiger partial charge is 0.375 e. The third-order valence-electron chi connectivity index (χ3n) is 4.50. The number of amides is 3. The molecule has 3 amide bonds. The highest BCUT2D eigenvalue weighted by Crippen LogP contribution is 2.11. The molecule has 30 heavy (non-hydrogen) atoms. The maximum Gasteiger partial charge on any atom is 0.251 e. The second-order valence-electron chi connectivity index (χ2n) is 7.46. The Morgan fingerprint density at radius 2 is 1.73 bits per heavy atom. The van der Waals surface area contributed by atoms with Gasteiger partial charge in [-0.2, -0.15) is 0 Å². The molecule has 7 heteroatoms. The third kappa shape index (κ3) is 7.00. The number of anilines is 1. The summed E-state index contributed by atoms with van der Waals surface area (Å²) in [5.41, 5.74) is 3.02. The van der Waals surface area contributed by atoms with Crippen molar-refractivity contribution in [1.29, 1.82) is 0 Å². The zero-order valence-corrected chi connectivity index (χ0v) is 17.8. The Labute approximate surface area is 177 Å². The van der Waals surface area contributed by atoms with Crippen molar-refractivity contribution in [2.75, 3.05) is 19.0 Å². The molecule has 0 heterocycles. The molecule has 2 aromatic carbocycles. The van der Waals surface area contributed by atoms with Gasteiger partial charge in [0, 0.05) is 24.9 Å². The van der Waals surface area contributed by atoms with Gasteiger partial charge in [-0.1, -0.05) is 43.7 Å². The normalized spacial score (nSPS) is 11.6. The van der Waals surface area contributed by atoms with Gasteiger partial charge in [-0.15, -0.1) is 0 Å². The molecule has 0 fully saturated rings. The predicted octanol–water partition coefficient (Wildman–Crippen LogP) is 2.65. The average Bonchev–Trinajstić information content (AvgIpc) is 2.70. The summed E-state index contributed by atoms with van der Waals surface area (Å²) in [6.45, 7) is 5.95. The van der Waals surface area contributed by atoms with Crippen LogP contribution in [0.3, 0.4) is 0 Å². The van der Waals surface area contributed by atoms with Crippen LogP contribution in [-0.4, -0.2) is 37.5 Å². The van der Waals surface area contributed by atoms with Crippen molar-refractivity contribution < 1.29 is 19.1 Å². The average molecular weight is 412 g/mol. The summed E-state index contributed by atoms with van der Waals surface area (Å²) in [4.78, 5) is 36.9. The molecule has 3 N–H and O–H groups in total. The van der Waals surface area contributed by atoms with Crippen LogP contribution in [0.4, 0.5) is 5.69 Å². The molecular weight excluding hydrogens is 382 g/mol. The van der Waals surface area contributed by atoms with E-state index in [9.17, 15) is 14.4 Å². The van der Waals surface area contributed by atoms with Crippen LogP contribution >= 0.6 is 0 Å². The fraction of sp³-hybridized carbons (Fsp3) is 0.348. The molecule has 0 aliphatic heterocycles. The highest BCUT2D eigenvalue weighted by atomic mass is 16.5. The number of rotatable bonds is 9. The van der Waals surface area contributed by atoms with E-state index in [0.717, 1.165) is 11.1 Å². The Morgan fingerprint density at radius 1 is 1.03 bits per heavy atom. The number of hydrogen-bond acceptors (Lipinski definition) is 4. The zero-order valence-electron chi connectivity index (χ0n) is 17.8. The maximum atomic E-state index is 12.7. The molecule has 2 rings (SSSR count). The predicted molar refractivity (Wildman–Crippen MR) is 116 cm³/mol. The topological polar surface area (TPSA) is 96.5 Å². The lowest BCUT2D eigenvalue weighted by Crippen LogP contribution is -2.49. The fourth-order valence-electron chi connectivity index (χ4n) is 2.85. The summed E-state index contributed by atoms with van der Waals surface area (Å²) in [7, 11) is 1.45. The number of hydrogen-bond donors (Lipinski definition) is 3. The summed E-state index contributed by atoms with van der Waals surface area (Å²) >= 11 is 0. The van der Waals surface area contributed by atoms with E-state index in [4.69, 9.17) is 4.74 Å². The Balaban J connectivity index is 1.97. The summed E-state index contributed by atoms with van der Waals surface area (Å²) in [5, 5.41) is 8.41. The number of nitrogens with one attached hydrogen (secondary N) is 3. The first-order chi connectivity index (χ1) is 14.3. The van der Waals surface area contributed by atoms with Crippen molar-refractivity contribution in [2.24, 2.45) is 5.92 Å². The monoisotopic (exact) mass is 411 g/mol. The standard InChI is InChI=1S/C23H29N3O4/c1-15(2)21(26-22(28)18-10-8-16(3)9-11-18)23(29)24-13-17-6-5-7-19(12-17)25-20(27)14-30-4/h5-12,15,21H,13-14H2,1-4H3,(H,24,29)(H,25,27)(H,26,28). The van der Waals surface area contributed by atoms with Crippen LogP contribution in [0.1, 0.15) is 35.3 Å². The van der Waals surface area contributed by atoms with Gasteiger partial charge >= 0.3 is 0 Å². The first kappa shape index (κ1) is 23.1. The van der Waals surface area contributed by atoms with Crippen LogP contribution in [0.25, 0.3) is 0 Å². The molecule has 160 valence electrons. The summed E-state index contributed by atoms with van der Waals surface area (Å²) in [5.74, 6) is -0.887. The van der Waals surface area contributed by atoms with Gasteiger partial charge in [0.2, 0.25) is 11.8 Å². The van der Waals surface area contributed by atoms with Crippen molar-refractivity contribution in [3.05, 3.63) is 65.2 Å². The van der Waals surface area contributed by atoms with Gasteiger partial charge in [0.25, 0.3) is 5.91 Å². The van der Waals surface area contributed by atoms with Gasteiger partial charge in [0.15, 0.2) is 0 Å². The molecule has 0 saturated carbocycles. The lowest BCUT2D eigenvalue weighted by Gasteiger charge is -2.22. The van der Waals surface area contributed by atoms with Gasteiger partial charge in [-0.3, -0.25) is 14.4 Å². The lowest BCUT2D eigenvalue weighted by molar-refractivity contribution is -0.124. The Kier molecular flexibility index (Phi) is 8.55. The van der Waals surface area contributed by atoms with E-state index in [1.807, 2.05) is 39.0 Å². The molecule has 0 saturated heterocycles. The van der Waals surface area contributed by atoms with Crippen molar-refractivity contribution in [3.63, 3.8) is 0 Å². The molecule has 1 unspecified atom stereocenters. The SMILES string of the molecule is COCC(=O)Nc1cccc(CNC(=O)C(NC(=O)c2ccc(C)cc2)C(C)C)c1. The number of ether oxygens (including phenoxy) is 1. The number of carbonyl (C=O) groups excluding carboxylic acids is 3. The quantitative estimate of drug-likeness (QED) is 0.591. The second kappa shape index (κ2) is 11.1. The molecule has 0 radical (unpaired) electrons. The molecule has 0 aliphatic carbocycles. The second-order valence-corrected chi connectivity index (χ2v) is 7.46. The molecular formula is C23H29N3O4. The van der Waals surface area contributed by atoms with Crippen LogP contribution in [0.2, 0.25) is 0 Å². The number of methoxy groups -OCH3 is 1. The lowest BCUT2D eigenvalue weighted by atomic mass is 10.0. The van der Waals surface area contributed by atoms with E-state index in [1.54, 1.807) is 30.3 Å². The van der Waals surface area contributed by atoms with Crippen LogP contribution in [-0.2, 0) is 20.9 Å². The zero-order chi connectivity index (χ0) is 22.1. The summed E-state index contributed by atoms with van der Waals surface area (Å²) in [6.07, 6.45) is 0. The molecule has 0 aliphatic rings. The van der Waals surface area contributed by atoms with Gasteiger partial charge in [-0.05, 0) is 42.7 Å². The Hall–Kier alpha value is -3.19. The minimum absolute atomic E-state index is 0.0300. The van der Waals surface area contributed by atoms with E-state index in [-0.39, 0.29) is 36.8 Å².